The van der Waals surface area contributed by atoms with Gasteiger partial charge in [-0.2, -0.15) is 5.10 Å². The zero-order valence-corrected chi connectivity index (χ0v) is 17.7. The SMILES string of the molecule is CC(C)COc1ccc(C(=O)N2CCN(C(=O)c3cc4n(n3)CCCC4)CC2)cn1. The van der Waals surface area contributed by atoms with Crippen molar-refractivity contribution in [3.8, 4) is 5.88 Å². The van der Waals surface area contributed by atoms with Crippen LogP contribution in [0.25, 0.3) is 0 Å². The fourth-order valence-corrected chi connectivity index (χ4v) is 3.82. The molecule has 160 valence electrons. The third-order valence-electron chi connectivity index (χ3n) is 5.54. The number of ether oxygens (including phenoxy) is 1. The smallest absolute Gasteiger partial charge is 0.274 e. The van der Waals surface area contributed by atoms with Crippen LogP contribution in [0.5, 0.6) is 5.88 Å². The number of aryl methyl sites for hydroxylation is 2. The van der Waals surface area contributed by atoms with Crippen molar-refractivity contribution in [3.63, 3.8) is 0 Å². The van der Waals surface area contributed by atoms with E-state index in [2.05, 4.69) is 23.9 Å². The molecule has 0 atom stereocenters. The minimum atomic E-state index is -0.0672. The normalized spacial score (nSPS) is 16.5. The number of hydrogen-bond acceptors (Lipinski definition) is 5. The van der Waals surface area contributed by atoms with Gasteiger partial charge >= 0.3 is 0 Å². The van der Waals surface area contributed by atoms with Crippen LogP contribution in [-0.4, -0.2) is 69.2 Å². The standard InChI is InChI=1S/C22H29N5O3/c1-16(2)15-30-20-7-6-17(14-23-20)21(28)25-9-11-26(12-10-25)22(29)19-13-18-5-3-4-8-27(18)24-19/h6-7,13-14,16H,3-5,8-12,15H2,1-2H3. The van der Waals surface area contributed by atoms with Crippen molar-refractivity contribution >= 4 is 11.8 Å². The summed E-state index contributed by atoms with van der Waals surface area (Å²) in [6.07, 6.45) is 4.81. The van der Waals surface area contributed by atoms with Gasteiger partial charge in [0.2, 0.25) is 5.88 Å². The Bertz CT molecular complexity index is 874. The molecule has 1 saturated heterocycles. The van der Waals surface area contributed by atoms with Crippen molar-refractivity contribution in [2.24, 2.45) is 5.92 Å². The average Bonchev–Trinajstić information content (AvgIpc) is 3.21. The molecule has 30 heavy (non-hydrogen) atoms. The molecule has 0 aromatic carbocycles. The summed E-state index contributed by atoms with van der Waals surface area (Å²) < 4.78 is 7.53. The summed E-state index contributed by atoms with van der Waals surface area (Å²) in [7, 11) is 0. The second-order valence-electron chi connectivity index (χ2n) is 8.38. The highest BCUT2D eigenvalue weighted by molar-refractivity contribution is 5.95. The quantitative estimate of drug-likeness (QED) is 0.754. The number of nitrogens with zero attached hydrogens (tertiary/aromatic N) is 5. The van der Waals surface area contributed by atoms with E-state index in [0.717, 1.165) is 31.5 Å². The fraction of sp³-hybridized carbons (Fsp3) is 0.545. The molecule has 0 radical (unpaired) electrons. The summed E-state index contributed by atoms with van der Waals surface area (Å²) in [5.41, 5.74) is 2.20. The van der Waals surface area contributed by atoms with E-state index in [1.54, 1.807) is 28.1 Å². The lowest BCUT2D eigenvalue weighted by atomic mass is 10.1. The number of hydrogen-bond donors (Lipinski definition) is 0. The monoisotopic (exact) mass is 411 g/mol. The minimum absolute atomic E-state index is 0.0441. The lowest BCUT2D eigenvalue weighted by molar-refractivity contribution is 0.0531. The summed E-state index contributed by atoms with van der Waals surface area (Å²) >= 11 is 0. The average molecular weight is 412 g/mol. The van der Waals surface area contributed by atoms with Crippen LogP contribution in [-0.2, 0) is 13.0 Å². The van der Waals surface area contributed by atoms with Crippen molar-refractivity contribution in [1.29, 1.82) is 0 Å². The van der Waals surface area contributed by atoms with Gasteiger partial charge in [-0.15, -0.1) is 0 Å². The number of piperazine rings is 1. The van der Waals surface area contributed by atoms with Gasteiger partial charge in [-0.25, -0.2) is 4.98 Å². The molecule has 4 heterocycles. The van der Waals surface area contributed by atoms with Crippen LogP contribution >= 0.6 is 0 Å². The Morgan fingerprint density at radius 2 is 1.77 bits per heavy atom. The Morgan fingerprint density at radius 3 is 2.40 bits per heavy atom. The van der Waals surface area contributed by atoms with Crippen LogP contribution in [0.2, 0.25) is 0 Å². The fourth-order valence-electron chi connectivity index (χ4n) is 3.82. The van der Waals surface area contributed by atoms with E-state index in [9.17, 15) is 9.59 Å². The first-order chi connectivity index (χ1) is 14.5. The molecule has 0 unspecified atom stereocenters. The van der Waals surface area contributed by atoms with Crippen LogP contribution in [0, 0.1) is 5.92 Å². The van der Waals surface area contributed by atoms with E-state index in [4.69, 9.17) is 4.74 Å². The van der Waals surface area contributed by atoms with Gasteiger partial charge in [-0.3, -0.25) is 14.3 Å². The molecule has 0 spiro atoms. The first-order valence-electron chi connectivity index (χ1n) is 10.8. The lowest BCUT2D eigenvalue weighted by Gasteiger charge is -2.34. The Labute approximate surface area is 176 Å². The van der Waals surface area contributed by atoms with Gasteiger partial charge < -0.3 is 14.5 Å². The molecule has 2 aliphatic heterocycles. The number of pyridine rings is 1. The molecular weight excluding hydrogens is 382 g/mol. The Morgan fingerprint density at radius 1 is 1.03 bits per heavy atom. The molecule has 2 amide bonds. The third-order valence-corrected chi connectivity index (χ3v) is 5.54. The Hall–Kier alpha value is -2.90. The van der Waals surface area contributed by atoms with E-state index in [-0.39, 0.29) is 11.8 Å². The zero-order chi connectivity index (χ0) is 21.1. The van der Waals surface area contributed by atoms with Crippen molar-refractivity contribution in [1.82, 2.24) is 24.6 Å². The maximum atomic E-state index is 12.8. The Kier molecular flexibility index (Phi) is 6.01. The maximum absolute atomic E-state index is 12.8. The molecule has 2 aromatic heterocycles. The van der Waals surface area contributed by atoms with Crippen molar-refractivity contribution < 1.29 is 14.3 Å². The van der Waals surface area contributed by atoms with E-state index < -0.39 is 0 Å². The largest absolute Gasteiger partial charge is 0.477 e. The van der Waals surface area contributed by atoms with Gasteiger partial charge in [0, 0.05) is 50.7 Å². The topological polar surface area (TPSA) is 80.6 Å². The van der Waals surface area contributed by atoms with Gasteiger partial charge in [0.1, 0.15) is 0 Å². The predicted octanol–water partition coefficient (Wildman–Crippen LogP) is 2.25. The molecule has 0 aliphatic carbocycles. The molecule has 1 fully saturated rings. The second-order valence-corrected chi connectivity index (χ2v) is 8.38. The Balaban J connectivity index is 1.32. The van der Waals surface area contributed by atoms with E-state index >= 15 is 0 Å². The molecule has 8 heteroatoms. The summed E-state index contributed by atoms with van der Waals surface area (Å²) in [4.78, 5) is 33.4. The first kappa shape index (κ1) is 20.4. The minimum Gasteiger partial charge on any atom is -0.477 e. The number of carbonyl (C=O) groups excluding carboxylic acids is 2. The number of rotatable bonds is 5. The molecule has 4 rings (SSSR count). The summed E-state index contributed by atoms with van der Waals surface area (Å²) in [5.74, 6) is 0.831. The van der Waals surface area contributed by atoms with Gasteiger partial charge in [-0.1, -0.05) is 13.8 Å². The van der Waals surface area contributed by atoms with Gasteiger partial charge in [0.15, 0.2) is 5.69 Å². The summed E-state index contributed by atoms with van der Waals surface area (Å²) in [6, 6.07) is 5.40. The van der Waals surface area contributed by atoms with Crippen LogP contribution < -0.4 is 4.74 Å². The molecule has 0 saturated carbocycles. The van der Waals surface area contributed by atoms with Gasteiger partial charge in [0.05, 0.1) is 12.2 Å². The van der Waals surface area contributed by atoms with Crippen LogP contribution in [0.1, 0.15) is 53.2 Å². The maximum Gasteiger partial charge on any atom is 0.274 e. The van der Waals surface area contributed by atoms with E-state index in [0.29, 0.717) is 55.8 Å². The highest BCUT2D eigenvalue weighted by Crippen LogP contribution is 2.18. The van der Waals surface area contributed by atoms with Crippen molar-refractivity contribution in [2.75, 3.05) is 32.8 Å². The van der Waals surface area contributed by atoms with Crippen LogP contribution in [0.15, 0.2) is 24.4 Å². The molecular formula is C22H29N5O3. The molecule has 2 aromatic rings. The molecule has 8 nitrogen and oxygen atoms in total. The molecule has 0 bridgehead atoms. The van der Waals surface area contributed by atoms with Crippen molar-refractivity contribution in [3.05, 3.63) is 41.3 Å². The van der Waals surface area contributed by atoms with E-state index in [1.807, 2.05) is 10.7 Å². The number of fused-ring (bicyclic) bond motifs is 1. The number of carbonyl (C=O) groups is 2. The lowest BCUT2D eigenvalue weighted by Crippen LogP contribution is -2.50. The number of amides is 2. The van der Waals surface area contributed by atoms with Gasteiger partial charge in [-0.05, 0) is 37.3 Å². The third kappa shape index (κ3) is 4.47. The molecule has 2 aliphatic rings. The summed E-state index contributed by atoms with van der Waals surface area (Å²) in [6.45, 7) is 7.65. The van der Waals surface area contributed by atoms with Crippen LogP contribution in [0.3, 0.4) is 0 Å². The zero-order valence-electron chi connectivity index (χ0n) is 17.7. The first-order valence-corrected chi connectivity index (χ1v) is 10.8. The van der Waals surface area contributed by atoms with Crippen molar-refractivity contribution in [2.45, 2.75) is 39.7 Å². The van der Waals surface area contributed by atoms with E-state index in [1.165, 1.54) is 0 Å². The number of aromatic nitrogens is 3. The highest BCUT2D eigenvalue weighted by Gasteiger charge is 2.27. The van der Waals surface area contributed by atoms with Crippen LogP contribution in [0.4, 0.5) is 0 Å². The summed E-state index contributed by atoms with van der Waals surface area (Å²) in [5, 5.41) is 4.49. The highest BCUT2D eigenvalue weighted by atomic mass is 16.5. The van der Waals surface area contributed by atoms with Gasteiger partial charge in [0.25, 0.3) is 11.8 Å². The second kappa shape index (κ2) is 8.85. The molecule has 0 N–H and O–H groups in total. The predicted molar refractivity (Wildman–Crippen MR) is 112 cm³/mol.